The van der Waals surface area contributed by atoms with Crippen LogP contribution in [0.25, 0.3) is 0 Å². The van der Waals surface area contributed by atoms with Crippen molar-refractivity contribution in [3.63, 3.8) is 0 Å². The fourth-order valence-corrected chi connectivity index (χ4v) is 3.10. The van der Waals surface area contributed by atoms with Crippen LogP contribution in [0.1, 0.15) is 39.0 Å². The lowest BCUT2D eigenvalue weighted by atomic mass is 9.74. The van der Waals surface area contributed by atoms with Crippen molar-refractivity contribution >= 4 is 11.7 Å². The molecular formula is C16H23NO3. The number of para-hydroxylation sites is 2. The standard InChI is InChI=1S/C16H23NO3/c1-3-12-7-6-10-16(11-12,15(18)19)17-13-8-4-5-9-14(13)20-2/h4-5,8-9,12,17H,3,6-7,10-11H2,1-2H3,(H,18,19). The Kier molecular flexibility index (Phi) is 4.53. The summed E-state index contributed by atoms with van der Waals surface area (Å²) in [6.45, 7) is 2.13. The quantitative estimate of drug-likeness (QED) is 0.864. The minimum atomic E-state index is -0.868. The van der Waals surface area contributed by atoms with Crippen LogP contribution in [-0.2, 0) is 4.79 Å². The summed E-state index contributed by atoms with van der Waals surface area (Å²) in [5, 5.41) is 13.0. The van der Waals surface area contributed by atoms with E-state index < -0.39 is 11.5 Å². The molecule has 2 unspecified atom stereocenters. The molecule has 1 aliphatic rings. The molecule has 0 bridgehead atoms. The van der Waals surface area contributed by atoms with Gasteiger partial charge in [0.1, 0.15) is 11.3 Å². The first-order chi connectivity index (χ1) is 9.61. The van der Waals surface area contributed by atoms with Gasteiger partial charge in [0.25, 0.3) is 0 Å². The maximum Gasteiger partial charge on any atom is 0.329 e. The molecule has 0 spiro atoms. The largest absolute Gasteiger partial charge is 0.495 e. The molecule has 1 aromatic carbocycles. The van der Waals surface area contributed by atoms with E-state index in [-0.39, 0.29) is 0 Å². The van der Waals surface area contributed by atoms with Gasteiger partial charge in [0.15, 0.2) is 0 Å². The van der Waals surface area contributed by atoms with Gasteiger partial charge in [-0.2, -0.15) is 0 Å². The number of methoxy groups -OCH3 is 1. The number of rotatable bonds is 5. The second-order valence-electron chi connectivity index (χ2n) is 5.58. The van der Waals surface area contributed by atoms with Gasteiger partial charge in [-0.25, -0.2) is 4.79 Å². The molecule has 20 heavy (non-hydrogen) atoms. The monoisotopic (exact) mass is 277 g/mol. The molecule has 0 amide bonds. The van der Waals surface area contributed by atoms with E-state index in [0.29, 0.717) is 24.5 Å². The molecule has 2 rings (SSSR count). The van der Waals surface area contributed by atoms with Crippen molar-refractivity contribution in [3.05, 3.63) is 24.3 Å². The second-order valence-corrected chi connectivity index (χ2v) is 5.58. The summed E-state index contributed by atoms with van der Waals surface area (Å²) in [6, 6.07) is 7.49. The predicted molar refractivity (Wildman–Crippen MR) is 79.2 cm³/mol. The Bertz CT molecular complexity index is 475. The number of aliphatic carboxylic acids is 1. The summed E-state index contributed by atoms with van der Waals surface area (Å²) >= 11 is 0. The normalized spacial score (nSPS) is 26.0. The molecule has 4 heteroatoms. The Labute approximate surface area is 120 Å². The van der Waals surface area contributed by atoms with E-state index in [2.05, 4.69) is 12.2 Å². The Balaban J connectivity index is 2.27. The number of carboxylic acids is 1. The van der Waals surface area contributed by atoms with Crippen molar-refractivity contribution in [3.8, 4) is 5.75 Å². The maximum atomic E-state index is 11.8. The van der Waals surface area contributed by atoms with Gasteiger partial charge in [0.2, 0.25) is 0 Å². The van der Waals surface area contributed by atoms with Gasteiger partial charge in [-0.1, -0.05) is 38.3 Å². The van der Waals surface area contributed by atoms with Crippen molar-refractivity contribution in [2.24, 2.45) is 5.92 Å². The summed E-state index contributed by atoms with van der Waals surface area (Å²) in [4.78, 5) is 11.8. The molecule has 0 radical (unpaired) electrons. The number of carbonyl (C=O) groups is 1. The lowest BCUT2D eigenvalue weighted by Crippen LogP contribution is -2.49. The Morgan fingerprint density at radius 2 is 2.25 bits per heavy atom. The zero-order valence-corrected chi connectivity index (χ0v) is 12.2. The highest BCUT2D eigenvalue weighted by Crippen LogP contribution is 2.38. The maximum absolute atomic E-state index is 11.8. The Morgan fingerprint density at radius 3 is 2.90 bits per heavy atom. The van der Waals surface area contributed by atoms with Crippen LogP contribution in [0, 0.1) is 5.92 Å². The van der Waals surface area contributed by atoms with Crippen LogP contribution in [0.3, 0.4) is 0 Å². The van der Waals surface area contributed by atoms with Crippen molar-refractivity contribution in [1.29, 1.82) is 0 Å². The summed E-state index contributed by atoms with van der Waals surface area (Å²) in [5.74, 6) is 0.398. The van der Waals surface area contributed by atoms with Crippen LogP contribution >= 0.6 is 0 Å². The fraction of sp³-hybridized carbons (Fsp3) is 0.562. The second kappa shape index (κ2) is 6.16. The van der Waals surface area contributed by atoms with Gasteiger partial charge in [-0.3, -0.25) is 0 Å². The lowest BCUT2D eigenvalue weighted by molar-refractivity contribution is -0.144. The van der Waals surface area contributed by atoms with E-state index in [9.17, 15) is 9.90 Å². The molecule has 1 saturated carbocycles. The molecule has 1 aromatic rings. The molecular weight excluding hydrogens is 254 g/mol. The molecule has 110 valence electrons. The highest BCUT2D eigenvalue weighted by Gasteiger charge is 2.42. The van der Waals surface area contributed by atoms with Crippen molar-refractivity contribution in [1.82, 2.24) is 0 Å². The van der Waals surface area contributed by atoms with E-state index in [0.717, 1.165) is 24.9 Å². The highest BCUT2D eigenvalue weighted by molar-refractivity contribution is 5.83. The molecule has 4 nitrogen and oxygen atoms in total. The number of nitrogens with one attached hydrogen (secondary N) is 1. The van der Waals surface area contributed by atoms with E-state index >= 15 is 0 Å². The average Bonchev–Trinajstić information content (AvgIpc) is 2.48. The summed E-state index contributed by atoms with van der Waals surface area (Å²) in [6.07, 6.45) is 4.45. The fourth-order valence-electron chi connectivity index (χ4n) is 3.10. The number of benzene rings is 1. The number of hydrogen-bond acceptors (Lipinski definition) is 3. The minimum absolute atomic E-state index is 0.474. The molecule has 1 aliphatic carbocycles. The molecule has 0 aliphatic heterocycles. The van der Waals surface area contributed by atoms with Crippen LogP contribution in [0.5, 0.6) is 5.75 Å². The Hall–Kier alpha value is -1.71. The first-order valence-electron chi connectivity index (χ1n) is 7.26. The van der Waals surface area contributed by atoms with Gasteiger partial charge in [0, 0.05) is 0 Å². The van der Waals surface area contributed by atoms with Crippen molar-refractivity contribution in [2.45, 2.75) is 44.6 Å². The van der Waals surface area contributed by atoms with Crippen LogP contribution in [0.2, 0.25) is 0 Å². The van der Waals surface area contributed by atoms with E-state index in [1.807, 2.05) is 24.3 Å². The first-order valence-corrected chi connectivity index (χ1v) is 7.26. The van der Waals surface area contributed by atoms with Crippen LogP contribution in [0.4, 0.5) is 5.69 Å². The number of carboxylic acid groups (broad SMARTS) is 1. The molecule has 0 heterocycles. The Morgan fingerprint density at radius 1 is 1.50 bits per heavy atom. The van der Waals surface area contributed by atoms with Gasteiger partial charge in [-0.15, -0.1) is 0 Å². The molecule has 2 atom stereocenters. The van der Waals surface area contributed by atoms with Gasteiger partial charge >= 0.3 is 5.97 Å². The van der Waals surface area contributed by atoms with Gasteiger partial charge in [-0.05, 0) is 30.9 Å². The minimum Gasteiger partial charge on any atom is -0.495 e. The summed E-state index contributed by atoms with van der Waals surface area (Å²) in [5.41, 5.74) is -0.109. The molecule has 1 fully saturated rings. The third kappa shape index (κ3) is 2.89. The molecule has 0 aromatic heterocycles. The summed E-state index contributed by atoms with van der Waals surface area (Å²) < 4.78 is 5.31. The smallest absolute Gasteiger partial charge is 0.329 e. The number of ether oxygens (including phenoxy) is 1. The lowest BCUT2D eigenvalue weighted by Gasteiger charge is -2.39. The average molecular weight is 277 g/mol. The van der Waals surface area contributed by atoms with Crippen molar-refractivity contribution < 1.29 is 14.6 Å². The highest BCUT2D eigenvalue weighted by atomic mass is 16.5. The van der Waals surface area contributed by atoms with Crippen molar-refractivity contribution in [2.75, 3.05) is 12.4 Å². The van der Waals surface area contributed by atoms with Crippen LogP contribution in [0.15, 0.2) is 24.3 Å². The van der Waals surface area contributed by atoms with Gasteiger partial charge < -0.3 is 15.2 Å². The number of hydrogen-bond donors (Lipinski definition) is 2. The molecule has 2 N–H and O–H groups in total. The summed E-state index contributed by atoms with van der Waals surface area (Å²) in [7, 11) is 1.60. The van der Waals surface area contributed by atoms with E-state index in [1.54, 1.807) is 7.11 Å². The van der Waals surface area contributed by atoms with E-state index in [1.165, 1.54) is 0 Å². The third-order valence-corrected chi connectivity index (χ3v) is 4.32. The zero-order valence-electron chi connectivity index (χ0n) is 12.2. The SMILES string of the molecule is CCC1CCCC(Nc2ccccc2OC)(C(=O)O)C1. The molecule has 0 saturated heterocycles. The first kappa shape index (κ1) is 14.7. The van der Waals surface area contributed by atoms with Gasteiger partial charge in [0.05, 0.1) is 12.8 Å². The topological polar surface area (TPSA) is 58.6 Å². The third-order valence-electron chi connectivity index (χ3n) is 4.32. The van der Waals surface area contributed by atoms with Crippen LogP contribution in [-0.4, -0.2) is 23.7 Å². The van der Waals surface area contributed by atoms with Crippen LogP contribution < -0.4 is 10.1 Å². The number of anilines is 1. The zero-order chi connectivity index (χ0) is 14.6. The van der Waals surface area contributed by atoms with E-state index in [4.69, 9.17) is 4.74 Å². The predicted octanol–water partition coefficient (Wildman–Crippen LogP) is 3.53.